The van der Waals surface area contributed by atoms with Gasteiger partial charge in [0.25, 0.3) is 5.91 Å². The van der Waals surface area contributed by atoms with Gasteiger partial charge >= 0.3 is 0 Å². The van der Waals surface area contributed by atoms with Crippen LogP contribution in [0.3, 0.4) is 0 Å². The first-order valence-corrected chi connectivity index (χ1v) is 9.52. The maximum Gasteiger partial charge on any atom is 0.289 e. The number of aromatic nitrogens is 1. The topological polar surface area (TPSA) is 55.1 Å². The Kier molecular flexibility index (Phi) is 11.7. The second-order valence-electron chi connectivity index (χ2n) is 6.16. The van der Waals surface area contributed by atoms with Gasteiger partial charge in [0, 0.05) is 12.6 Å². The Labute approximate surface area is 145 Å². The van der Waals surface area contributed by atoms with Crippen molar-refractivity contribution >= 4 is 17.5 Å². The van der Waals surface area contributed by atoms with Crippen LogP contribution < -0.4 is 5.32 Å². The molecule has 1 aromatic rings. The van der Waals surface area contributed by atoms with Crippen molar-refractivity contribution in [3.05, 3.63) is 17.0 Å². The molecule has 4 nitrogen and oxygen atoms in total. The second-order valence-corrected chi connectivity index (χ2v) is 6.55. The van der Waals surface area contributed by atoms with Gasteiger partial charge in [0.1, 0.15) is 0 Å². The van der Waals surface area contributed by atoms with Crippen molar-refractivity contribution in [2.75, 3.05) is 6.54 Å². The van der Waals surface area contributed by atoms with E-state index in [-0.39, 0.29) is 16.8 Å². The highest BCUT2D eigenvalue weighted by Crippen LogP contribution is 2.12. The van der Waals surface area contributed by atoms with Gasteiger partial charge in [0.05, 0.1) is 0 Å². The monoisotopic (exact) mass is 342 g/mol. The van der Waals surface area contributed by atoms with Gasteiger partial charge in [-0.25, -0.2) is 0 Å². The molecule has 5 heteroatoms. The molecule has 1 heterocycles. The lowest BCUT2D eigenvalue weighted by atomic mass is 10.1. The van der Waals surface area contributed by atoms with E-state index >= 15 is 0 Å². The maximum absolute atomic E-state index is 11.7. The molecule has 132 valence electrons. The Bertz CT molecular complexity index is 421. The predicted molar refractivity (Wildman–Crippen MR) is 94.9 cm³/mol. The molecule has 0 saturated carbocycles. The van der Waals surface area contributed by atoms with Gasteiger partial charge in [-0.1, -0.05) is 94.3 Å². The van der Waals surface area contributed by atoms with Gasteiger partial charge in [-0.15, -0.1) is 0 Å². The second kappa shape index (κ2) is 13.4. The zero-order chi connectivity index (χ0) is 16.8. The molecular weight excluding hydrogens is 312 g/mol. The van der Waals surface area contributed by atoms with E-state index in [1.54, 1.807) is 0 Å². The highest BCUT2D eigenvalue weighted by Gasteiger charge is 2.10. The summed E-state index contributed by atoms with van der Waals surface area (Å²) in [6, 6.07) is 1.43. The third-order valence-electron chi connectivity index (χ3n) is 4.02. The molecule has 0 bridgehead atoms. The molecule has 0 atom stereocenters. The smallest absolute Gasteiger partial charge is 0.289 e. The van der Waals surface area contributed by atoms with E-state index in [0.717, 1.165) is 12.8 Å². The molecule has 1 N–H and O–H groups in total. The van der Waals surface area contributed by atoms with E-state index in [1.807, 2.05) is 0 Å². The lowest BCUT2D eigenvalue weighted by molar-refractivity contribution is 0.0916. The Balaban J connectivity index is 1.82. The lowest BCUT2D eigenvalue weighted by Crippen LogP contribution is -2.23. The Hall–Kier alpha value is -1.03. The molecule has 0 spiro atoms. The molecule has 0 aliphatic rings. The SMILES string of the molecule is CCCCCCCCCCCCCCNC(=O)c1cc(Cl)no1. The van der Waals surface area contributed by atoms with Crippen LogP contribution in [-0.4, -0.2) is 17.6 Å². The summed E-state index contributed by atoms with van der Waals surface area (Å²) in [6.45, 7) is 2.93. The van der Waals surface area contributed by atoms with Crippen LogP contribution in [0.5, 0.6) is 0 Å². The van der Waals surface area contributed by atoms with E-state index in [9.17, 15) is 4.79 Å². The van der Waals surface area contributed by atoms with Crippen LogP contribution in [0.1, 0.15) is 94.5 Å². The molecule has 0 aliphatic carbocycles. The van der Waals surface area contributed by atoms with Crippen LogP contribution in [-0.2, 0) is 0 Å². The molecular formula is C18H31ClN2O2. The minimum atomic E-state index is -0.243. The number of unbranched alkanes of at least 4 members (excludes halogenated alkanes) is 11. The van der Waals surface area contributed by atoms with E-state index in [1.165, 1.54) is 70.3 Å². The fourth-order valence-electron chi connectivity index (χ4n) is 2.62. The first kappa shape index (κ1) is 20.0. The largest absolute Gasteiger partial charge is 0.349 e. The first-order chi connectivity index (χ1) is 11.2. The van der Waals surface area contributed by atoms with Crippen molar-refractivity contribution in [3.8, 4) is 0 Å². The zero-order valence-corrected chi connectivity index (χ0v) is 15.2. The average molecular weight is 343 g/mol. The van der Waals surface area contributed by atoms with Crippen LogP contribution in [0.4, 0.5) is 0 Å². The number of nitrogens with zero attached hydrogens (tertiary/aromatic N) is 1. The van der Waals surface area contributed by atoms with Crippen molar-refractivity contribution in [1.82, 2.24) is 10.5 Å². The summed E-state index contributed by atoms with van der Waals surface area (Å²) in [4.78, 5) is 11.7. The van der Waals surface area contributed by atoms with Gasteiger partial charge in [0.2, 0.25) is 5.76 Å². The van der Waals surface area contributed by atoms with Crippen LogP contribution in [0.25, 0.3) is 0 Å². The zero-order valence-electron chi connectivity index (χ0n) is 14.4. The third kappa shape index (κ3) is 10.4. The van der Waals surface area contributed by atoms with Crippen molar-refractivity contribution in [3.63, 3.8) is 0 Å². The van der Waals surface area contributed by atoms with Crippen molar-refractivity contribution in [2.24, 2.45) is 0 Å². The lowest BCUT2D eigenvalue weighted by Gasteiger charge is -2.04. The van der Waals surface area contributed by atoms with E-state index in [0.29, 0.717) is 6.54 Å². The summed E-state index contributed by atoms with van der Waals surface area (Å²) < 4.78 is 4.80. The summed E-state index contributed by atoms with van der Waals surface area (Å²) in [5.74, 6) is -0.0681. The standard InChI is InChI=1S/C18H31ClN2O2/c1-2-3-4-5-6-7-8-9-10-11-12-13-14-20-18(22)16-15-17(19)21-23-16/h15H,2-14H2,1H3,(H,20,22). The number of carbonyl (C=O) groups excluding carboxylic acids is 1. The number of nitrogens with one attached hydrogen (secondary N) is 1. The summed E-state index contributed by atoms with van der Waals surface area (Å²) >= 11 is 5.61. The number of carbonyl (C=O) groups is 1. The molecule has 0 radical (unpaired) electrons. The minimum absolute atomic E-state index is 0.175. The number of hydrogen-bond donors (Lipinski definition) is 1. The van der Waals surface area contributed by atoms with Crippen molar-refractivity contribution in [1.29, 1.82) is 0 Å². The number of hydrogen-bond acceptors (Lipinski definition) is 3. The van der Waals surface area contributed by atoms with Gasteiger partial charge in [0.15, 0.2) is 5.15 Å². The molecule has 1 rings (SSSR count). The Morgan fingerprint density at radius 1 is 1.00 bits per heavy atom. The first-order valence-electron chi connectivity index (χ1n) is 9.14. The molecule has 0 fully saturated rings. The minimum Gasteiger partial charge on any atom is -0.349 e. The van der Waals surface area contributed by atoms with Crippen LogP contribution in [0.15, 0.2) is 10.6 Å². The summed E-state index contributed by atoms with van der Waals surface area (Å²) in [5.41, 5.74) is 0. The number of amides is 1. The van der Waals surface area contributed by atoms with E-state index in [4.69, 9.17) is 16.1 Å². The van der Waals surface area contributed by atoms with Crippen LogP contribution in [0.2, 0.25) is 5.15 Å². The van der Waals surface area contributed by atoms with Crippen molar-refractivity contribution in [2.45, 2.75) is 84.0 Å². The molecule has 0 unspecified atom stereocenters. The van der Waals surface area contributed by atoms with Gasteiger partial charge in [-0.2, -0.15) is 0 Å². The van der Waals surface area contributed by atoms with E-state index < -0.39 is 0 Å². The predicted octanol–water partition coefficient (Wildman–Crippen LogP) is 5.76. The average Bonchev–Trinajstić information content (AvgIpc) is 2.98. The molecule has 1 aromatic heterocycles. The molecule has 0 saturated heterocycles. The van der Waals surface area contributed by atoms with Gasteiger partial charge < -0.3 is 9.84 Å². The fraction of sp³-hybridized carbons (Fsp3) is 0.778. The summed E-state index contributed by atoms with van der Waals surface area (Å²) in [7, 11) is 0. The molecule has 0 aliphatic heterocycles. The number of rotatable bonds is 14. The summed E-state index contributed by atoms with van der Waals surface area (Å²) in [5, 5.41) is 6.51. The number of halogens is 1. The quantitative estimate of drug-likeness (QED) is 0.437. The fourth-order valence-corrected chi connectivity index (χ4v) is 2.75. The molecule has 23 heavy (non-hydrogen) atoms. The van der Waals surface area contributed by atoms with Gasteiger partial charge in [-0.05, 0) is 6.42 Å². The molecule has 1 amide bonds. The Morgan fingerprint density at radius 2 is 1.52 bits per heavy atom. The van der Waals surface area contributed by atoms with Crippen LogP contribution in [0, 0.1) is 0 Å². The van der Waals surface area contributed by atoms with Gasteiger partial charge in [-0.3, -0.25) is 4.79 Å². The van der Waals surface area contributed by atoms with Crippen molar-refractivity contribution < 1.29 is 9.32 Å². The van der Waals surface area contributed by atoms with Crippen LogP contribution >= 0.6 is 11.6 Å². The highest BCUT2D eigenvalue weighted by molar-refractivity contribution is 6.29. The summed E-state index contributed by atoms with van der Waals surface area (Å²) in [6.07, 6.45) is 15.8. The Morgan fingerprint density at radius 3 is 2.00 bits per heavy atom. The highest BCUT2D eigenvalue weighted by atomic mass is 35.5. The maximum atomic E-state index is 11.7. The van der Waals surface area contributed by atoms with E-state index in [2.05, 4.69) is 17.4 Å². The normalized spacial score (nSPS) is 10.9. The molecule has 0 aromatic carbocycles. The third-order valence-corrected chi connectivity index (χ3v) is 4.20.